The first-order valence-electron chi connectivity index (χ1n) is 5.25. The second-order valence-corrected chi connectivity index (χ2v) is 4.68. The molecule has 0 amide bonds. The molecule has 3 heteroatoms. The van der Waals surface area contributed by atoms with E-state index in [2.05, 4.69) is 19.2 Å². The zero-order valence-electron chi connectivity index (χ0n) is 9.30. The molecule has 1 unspecified atom stereocenters. The van der Waals surface area contributed by atoms with Crippen LogP contribution in [0.3, 0.4) is 0 Å². The summed E-state index contributed by atoms with van der Waals surface area (Å²) in [5, 5.41) is 4.22. The van der Waals surface area contributed by atoms with Crippen molar-refractivity contribution in [3.8, 4) is 5.75 Å². The zero-order chi connectivity index (χ0) is 11.0. The molecule has 82 valence electrons. The van der Waals surface area contributed by atoms with Crippen LogP contribution in [0.1, 0.15) is 25.3 Å². The minimum Gasteiger partial charge on any atom is -0.495 e. The normalized spacial score (nSPS) is 18.9. The number of hydrogen-bond acceptors (Lipinski definition) is 2. The van der Waals surface area contributed by atoms with E-state index < -0.39 is 0 Å². The van der Waals surface area contributed by atoms with Gasteiger partial charge in [0.1, 0.15) is 5.75 Å². The molecule has 0 saturated heterocycles. The maximum Gasteiger partial charge on any atom is 0.142 e. The Morgan fingerprint density at radius 2 is 2.20 bits per heavy atom. The molecule has 1 aliphatic heterocycles. The van der Waals surface area contributed by atoms with E-state index in [4.69, 9.17) is 16.3 Å². The molecule has 0 fully saturated rings. The summed E-state index contributed by atoms with van der Waals surface area (Å²) in [4.78, 5) is 0. The van der Waals surface area contributed by atoms with Crippen LogP contribution in [-0.4, -0.2) is 13.7 Å². The third-order valence-electron chi connectivity index (χ3n) is 3.05. The fourth-order valence-electron chi connectivity index (χ4n) is 2.17. The molecule has 0 aliphatic carbocycles. The summed E-state index contributed by atoms with van der Waals surface area (Å²) in [6, 6.07) is 3.83. The van der Waals surface area contributed by atoms with Gasteiger partial charge in [0.25, 0.3) is 0 Å². The van der Waals surface area contributed by atoms with Gasteiger partial charge in [-0.3, -0.25) is 0 Å². The second kappa shape index (κ2) is 3.93. The number of methoxy groups -OCH3 is 1. The molecule has 0 aromatic heterocycles. The number of fused-ring (bicyclic) bond motifs is 1. The highest BCUT2D eigenvalue weighted by molar-refractivity contribution is 6.32. The van der Waals surface area contributed by atoms with Crippen LogP contribution in [0.5, 0.6) is 5.75 Å². The van der Waals surface area contributed by atoms with Crippen molar-refractivity contribution in [2.45, 2.75) is 19.8 Å². The Labute approximate surface area is 95.6 Å². The summed E-state index contributed by atoms with van der Waals surface area (Å²) in [6.07, 6.45) is 0. The molecule has 1 aliphatic rings. The highest BCUT2D eigenvalue weighted by Gasteiger charge is 2.29. The van der Waals surface area contributed by atoms with Crippen LogP contribution < -0.4 is 10.1 Å². The maximum atomic E-state index is 6.24. The Kier molecular flexibility index (Phi) is 2.79. The molecular formula is C12H16ClNO. The molecule has 2 rings (SSSR count). The molecule has 1 N–H and O–H groups in total. The van der Waals surface area contributed by atoms with Gasteiger partial charge in [-0.25, -0.2) is 0 Å². The molecule has 1 aromatic rings. The minimum absolute atomic E-state index is 0.489. The average molecular weight is 226 g/mol. The maximum absolute atomic E-state index is 6.24. The lowest BCUT2D eigenvalue weighted by molar-refractivity contribution is 0.416. The lowest BCUT2D eigenvalue weighted by Gasteiger charge is -2.16. The standard InChI is InChI=1S/C12H16ClNO/c1-7(2)8-6-14-12-10(15-3)5-4-9(13)11(8)12/h4-5,7-8,14H,6H2,1-3H3. The predicted molar refractivity (Wildman–Crippen MR) is 64.1 cm³/mol. The number of halogens is 1. The molecule has 0 radical (unpaired) electrons. The molecule has 1 heterocycles. The van der Waals surface area contributed by atoms with Gasteiger partial charge in [-0.15, -0.1) is 0 Å². The SMILES string of the molecule is COc1ccc(Cl)c2c1NCC2C(C)C. The molecular weight excluding hydrogens is 210 g/mol. The number of hydrogen-bond donors (Lipinski definition) is 1. The van der Waals surface area contributed by atoms with Crippen molar-refractivity contribution in [2.75, 3.05) is 19.0 Å². The van der Waals surface area contributed by atoms with E-state index in [1.807, 2.05) is 12.1 Å². The highest BCUT2D eigenvalue weighted by atomic mass is 35.5. The van der Waals surface area contributed by atoms with Crippen molar-refractivity contribution in [3.63, 3.8) is 0 Å². The number of ether oxygens (including phenoxy) is 1. The average Bonchev–Trinajstić information content (AvgIpc) is 2.63. The minimum atomic E-state index is 0.489. The van der Waals surface area contributed by atoms with Crippen molar-refractivity contribution < 1.29 is 4.74 Å². The van der Waals surface area contributed by atoms with Crippen LogP contribution in [0.2, 0.25) is 5.02 Å². The Morgan fingerprint density at radius 3 is 2.80 bits per heavy atom. The summed E-state index contributed by atoms with van der Waals surface area (Å²) < 4.78 is 5.32. The molecule has 0 spiro atoms. The van der Waals surface area contributed by atoms with Gasteiger partial charge in [0, 0.05) is 23.0 Å². The van der Waals surface area contributed by atoms with E-state index in [1.165, 1.54) is 5.56 Å². The van der Waals surface area contributed by atoms with E-state index in [-0.39, 0.29) is 0 Å². The third kappa shape index (κ3) is 1.67. The van der Waals surface area contributed by atoms with Crippen molar-refractivity contribution in [1.82, 2.24) is 0 Å². The fraction of sp³-hybridized carbons (Fsp3) is 0.500. The largest absolute Gasteiger partial charge is 0.495 e. The van der Waals surface area contributed by atoms with Gasteiger partial charge in [0.05, 0.1) is 12.8 Å². The van der Waals surface area contributed by atoms with Gasteiger partial charge in [0.2, 0.25) is 0 Å². The molecule has 0 bridgehead atoms. The first kappa shape index (κ1) is 10.6. The second-order valence-electron chi connectivity index (χ2n) is 4.27. The number of benzene rings is 1. The summed E-state index contributed by atoms with van der Waals surface area (Å²) in [7, 11) is 1.69. The first-order valence-corrected chi connectivity index (χ1v) is 5.63. The number of nitrogens with one attached hydrogen (secondary N) is 1. The van der Waals surface area contributed by atoms with Gasteiger partial charge in [0.15, 0.2) is 0 Å². The van der Waals surface area contributed by atoms with Crippen LogP contribution in [0.15, 0.2) is 12.1 Å². The topological polar surface area (TPSA) is 21.3 Å². The molecule has 2 nitrogen and oxygen atoms in total. The van der Waals surface area contributed by atoms with E-state index in [9.17, 15) is 0 Å². The highest BCUT2D eigenvalue weighted by Crippen LogP contribution is 2.45. The predicted octanol–water partition coefficient (Wildman–Crippen LogP) is 3.51. The Hall–Kier alpha value is -0.890. The quantitative estimate of drug-likeness (QED) is 0.832. The Balaban J connectivity index is 2.51. The molecule has 0 saturated carbocycles. The summed E-state index contributed by atoms with van der Waals surface area (Å²) in [5.41, 5.74) is 2.29. The van der Waals surface area contributed by atoms with Crippen molar-refractivity contribution in [2.24, 2.45) is 5.92 Å². The summed E-state index contributed by atoms with van der Waals surface area (Å²) >= 11 is 6.24. The Bertz CT molecular complexity index is 376. The van der Waals surface area contributed by atoms with Crippen molar-refractivity contribution in [1.29, 1.82) is 0 Å². The van der Waals surface area contributed by atoms with Crippen LogP contribution in [0.25, 0.3) is 0 Å². The van der Waals surface area contributed by atoms with Gasteiger partial charge in [-0.2, -0.15) is 0 Å². The smallest absolute Gasteiger partial charge is 0.142 e. The van der Waals surface area contributed by atoms with Gasteiger partial charge in [-0.05, 0) is 18.1 Å². The third-order valence-corrected chi connectivity index (χ3v) is 3.38. The van der Waals surface area contributed by atoms with Crippen molar-refractivity contribution >= 4 is 17.3 Å². The van der Waals surface area contributed by atoms with Gasteiger partial charge < -0.3 is 10.1 Å². The van der Waals surface area contributed by atoms with E-state index >= 15 is 0 Å². The van der Waals surface area contributed by atoms with Gasteiger partial charge in [-0.1, -0.05) is 25.4 Å². The van der Waals surface area contributed by atoms with Gasteiger partial charge >= 0.3 is 0 Å². The van der Waals surface area contributed by atoms with E-state index in [0.29, 0.717) is 11.8 Å². The molecule has 1 atom stereocenters. The molecule has 1 aromatic carbocycles. The van der Waals surface area contributed by atoms with Crippen LogP contribution >= 0.6 is 11.6 Å². The number of anilines is 1. The van der Waals surface area contributed by atoms with Crippen LogP contribution in [-0.2, 0) is 0 Å². The summed E-state index contributed by atoms with van der Waals surface area (Å²) in [5.74, 6) is 1.96. The fourth-order valence-corrected chi connectivity index (χ4v) is 2.47. The molecule has 15 heavy (non-hydrogen) atoms. The lowest BCUT2D eigenvalue weighted by Crippen LogP contribution is -2.08. The summed E-state index contributed by atoms with van der Waals surface area (Å²) in [6.45, 7) is 5.39. The first-order chi connectivity index (χ1) is 7.15. The van der Waals surface area contributed by atoms with Crippen LogP contribution in [0.4, 0.5) is 5.69 Å². The Morgan fingerprint density at radius 1 is 1.47 bits per heavy atom. The van der Waals surface area contributed by atoms with Crippen LogP contribution in [0, 0.1) is 5.92 Å². The lowest BCUT2D eigenvalue weighted by atomic mass is 9.90. The zero-order valence-corrected chi connectivity index (χ0v) is 10.1. The monoisotopic (exact) mass is 225 g/mol. The van der Waals surface area contributed by atoms with Crippen molar-refractivity contribution in [3.05, 3.63) is 22.7 Å². The van der Waals surface area contributed by atoms with E-state index in [1.54, 1.807) is 7.11 Å². The van der Waals surface area contributed by atoms with E-state index in [0.717, 1.165) is 23.0 Å². The number of rotatable bonds is 2.